The average molecular weight is 197 g/mol. The van der Waals surface area contributed by atoms with E-state index >= 15 is 0 Å². The number of halogens is 1. The van der Waals surface area contributed by atoms with Crippen molar-refractivity contribution < 1.29 is 0 Å². The maximum Gasteiger partial charge on any atom is 0.0474 e. The Morgan fingerprint density at radius 3 is 2.92 bits per heavy atom. The molecule has 2 nitrogen and oxygen atoms in total. The Morgan fingerprint density at radius 2 is 2.31 bits per heavy atom. The first-order valence-electron chi connectivity index (χ1n) is 4.55. The second-order valence-corrected chi connectivity index (χ2v) is 3.84. The molecule has 3 heteroatoms. The monoisotopic (exact) mass is 196 g/mol. The third-order valence-electron chi connectivity index (χ3n) is 2.46. The molecule has 70 valence electrons. The summed E-state index contributed by atoms with van der Waals surface area (Å²) in [6.45, 7) is 1.09. The molecule has 1 aliphatic heterocycles. The third kappa shape index (κ3) is 1.79. The lowest BCUT2D eigenvalue weighted by Crippen LogP contribution is -2.13. The normalized spacial score (nSPS) is 22.1. The van der Waals surface area contributed by atoms with Gasteiger partial charge in [-0.15, -0.1) is 0 Å². The molecule has 1 heterocycles. The van der Waals surface area contributed by atoms with Gasteiger partial charge in [0.2, 0.25) is 0 Å². The van der Waals surface area contributed by atoms with Crippen LogP contribution in [0.3, 0.4) is 0 Å². The summed E-state index contributed by atoms with van der Waals surface area (Å²) in [5.74, 6) is 0. The highest BCUT2D eigenvalue weighted by Crippen LogP contribution is 2.30. The van der Waals surface area contributed by atoms with E-state index in [0.29, 0.717) is 6.04 Å². The van der Waals surface area contributed by atoms with E-state index in [0.717, 1.165) is 17.3 Å². The van der Waals surface area contributed by atoms with Crippen LogP contribution in [0.25, 0.3) is 0 Å². The summed E-state index contributed by atoms with van der Waals surface area (Å²) in [6, 6.07) is 6.16. The molecule has 1 fully saturated rings. The van der Waals surface area contributed by atoms with Gasteiger partial charge < -0.3 is 11.1 Å². The summed E-state index contributed by atoms with van der Waals surface area (Å²) in [6.07, 6.45) is 2.40. The molecule has 1 aliphatic rings. The first kappa shape index (κ1) is 8.85. The lowest BCUT2D eigenvalue weighted by Gasteiger charge is -2.12. The van der Waals surface area contributed by atoms with Crippen LogP contribution in [0.4, 0.5) is 5.69 Å². The Labute approximate surface area is 83.1 Å². The molecule has 13 heavy (non-hydrogen) atoms. The Morgan fingerprint density at radius 1 is 1.46 bits per heavy atom. The SMILES string of the molecule is Nc1ccc([C@H]2CCCN2)c(Cl)c1. The Kier molecular flexibility index (Phi) is 2.42. The van der Waals surface area contributed by atoms with Crippen LogP contribution in [0, 0.1) is 0 Å². The molecule has 1 saturated heterocycles. The van der Waals surface area contributed by atoms with Crippen LogP contribution in [0.1, 0.15) is 24.4 Å². The number of benzene rings is 1. The fourth-order valence-corrected chi connectivity index (χ4v) is 2.10. The van der Waals surface area contributed by atoms with Gasteiger partial charge in [-0.3, -0.25) is 0 Å². The summed E-state index contributed by atoms with van der Waals surface area (Å²) in [5.41, 5.74) is 7.52. The first-order valence-corrected chi connectivity index (χ1v) is 4.93. The smallest absolute Gasteiger partial charge is 0.0474 e. The number of hydrogen-bond donors (Lipinski definition) is 2. The lowest BCUT2D eigenvalue weighted by molar-refractivity contribution is 0.648. The van der Waals surface area contributed by atoms with E-state index in [2.05, 4.69) is 5.32 Å². The van der Waals surface area contributed by atoms with Gasteiger partial charge in [-0.25, -0.2) is 0 Å². The van der Waals surface area contributed by atoms with Crippen LogP contribution in [0.15, 0.2) is 18.2 Å². The molecule has 0 aromatic heterocycles. The minimum absolute atomic E-state index is 0.424. The average Bonchev–Trinajstić information content (AvgIpc) is 2.56. The van der Waals surface area contributed by atoms with Gasteiger partial charge in [0, 0.05) is 16.8 Å². The predicted molar refractivity (Wildman–Crippen MR) is 55.8 cm³/mol. The predicted octanol–water partition coefficient (Wildman–Crippen LogP) is 2.35. The van der Waals surface area contributed by atoms with E-state index in [-0.39, 0.29) is 0 Å². The van der Waals surface area contributed by atoms with Crippen molar-refractivity contribution in [3.05, 3.63) is 28.8 Å². The van der Waals surface area contributed by atoms with Crippen molar-refractivity contribution >= 4 is 17.3 Å². The summed E-state index contributed by atoms with van der Waals surface area (Å²) in [4.78, 5) is 0. The number of anilines is 1. The van der Waals surface area contributed by atoms with E-state index in [1.807, 2.05) is 18.2 Å². The summed E-state index contributed by atoms with van der Waals surface area (Å²) in [7, 11) is 0. The first-order chi connectivity index (χ1) is 6.27. The van der Waals surface area contributed by atoms with Crippen LogP contribution in [-0.4, -0.2) is 6.54 Å². The van der Waals surface area contributed by atoms with Crippen molar-refractivity contribution in [1.29, 1.82) is 0 Å². The zero-order chi connectivity index (χ0) is 9.26. The maximum atomic E-state index is 6.09. The standard InChI is InChI=1S/C10H13ClN2/c11-9-6-7(12)3-4-8(9)10-2-1-5-13-10/h3-4,6,10,13H,1-2,5,12H2/t10-/m1/s1. The van der Waals surface area contributed by atoms with Gasteiger partial charge >= 0.3 is 0 Å². The Hall–Kier alpha value is -0.730. The lowest BCUT2D eigenvalue weighted by atomic mass is 10.1. The molecule has 0 amide bonds. The van der Waals surface area contributed by atoms with Gasteiger partial charge in [0.25, 0.3) is 0 Å². The van der Waals surface area contributed by atoms with E-state index in [1.54, 1.807) is 0 Å². The second-order valence-electron chi connectivity index (χ2n) is 3.43. The molecule has 1 aromatic carbocycles. The van der Waals surface area contributed by atoms with Gasteiger partial charge in [0.05, 0.1) is 0 Å². The quantitative estimate of drug-likeness (QED) is 0.677. The second kappa shape index (κ2) is 3.56. The minimum atomic E-state index is 0.424. The van der Waals surface area contributed by atoms with Crippen LogP contribution in [-0.2, 0) is 0 Å². The van der Waals surface area contributed by atoms with Crippen molar-refractivity contribution in [3.8, 4) is 0 Å². The van der Waals surface area contributed by atoms with E-state index in [9.17, 15) is 0 Å². The summed E-state index contributed by atoms with van der Waals surface area (Å²) >= 11 is 6.09. The van der Waals surface area contributed by atoms with Crippen LogP contribution >= 0.6 is 11.6 Å². The van der Waals surface area contributed by atoms with Gasteiger partial charge in [-0.05, 0) is 37.1 Å². The minimum Gasteiger partial charge on any atom is -0.399 e. The van der Waals surface area contributed by atoms with Crippen LogP contribution in [0.2, 0.25) is 5.02 Å². The molecule has 0 radical (unpaired) electrons. The van der Waals surface area contributed by atoms with E-state index < -0.39 is 0 Å². The molecule has 0 unspecified atom stereocenters. The van der Waals surface area contributed by atoms with Crippen LogP contribution in [0.5, 0.6) is 0 Å². The van der Waals surface area contributed by atoms with E-state index in [4.69, 9.17) is 17.3 Å². The fourth-order valence-electron chi connectivity index (χ4n) is 1.78. The highest BCUT2D eigenvalue weighted by molar-refractivity contribution is 6.31. The van der Waals surface area contributed by atoms with Crippen molar-refractivity contribution in [2.24, 2.45) is 0 Å². The number of hydrogen-bond acceptors (Lipinski definition) is 2. The van der Waals surface area contributed by atoms with Crippen molar-refractivity contribution in [1.82, 2.24) is 5.32 Å². The van der Waals surface area contributed by atoms with E-state index in [1.165, 1.54) is 18.4 Å². The number of nitrogens with one attached hydrogen (secondary N) is 1. The molecular weight excluding hydrogens is 184 g/mol. The fraction of sp³-hybridized carbons (Fsp3) is 0.400. The van der Waals surface area contributed by atoms with Gasteiger partial charge in [-0.1, -0.05) is 17.7 Å². The number of nitrogen functional groups attached to an aromatic ring is 1. The van der Waals surface area contributed by atoms with Gasteiger partial charge in [0.1, 0.15) is 0 Å². The highest BCUT2D eigenvalue weighted by Gasteiger charge is 2.18. The molecule has 0 bridgehead atoms. The topological polar surface area (TPSA) is 38.0 Å². The molecule has 1 atom stereocenters. The van der Waals surface area contributed by atoms with Crippen molar-refractivity contribution in [2.45, 2.75) is 18.9 Å². The van der Waals surface area contributed by atoms with Crippen molar-refractivity contribution in [3.63, 3.8) is 0 Å². The zero-order valence-corrected chi connectivity index (χ0v) is 8.14. The maximum absolute atomic E-state index is 6.09. The highest BCUT2D eigenvalue weighted by atomic mass is 35.5. The van der Waals surface area contributed by atoms with Crippen LogP contribution < -0.4 is 11.1 Å². The molecule has 3 N–H and O–H groups in total. The Balaban J connectivity index is 2.29. The molecular formula is C10H13ClN2. The summed E-state index contributed by atoms with van der Waals surface area (Å²) in [5, 5.41) is 4.19. The molecule has 0 aliphatic carbocycles. The summed E-state index contributed by atoms with van der Waals surface area (Å²) < 4.78 is 0. The van der Waals surface area contributed by atoms with Gasteiger partial charge in [0.15, 0.2) is 0 Å². The largest absolute Gasteiger partial charge is 0.399 e. The number of rotatable bonds is 1. The number of nitrogens with two attached hydrogens (primary N) is 1. The van der Waals surface area contributed by atoms with Crippen molar-refractivity contribution in [2.75, 3.05) is 12.3 Å². The van der Waals surface area contributed by atoms with Gasteiger partial charge in [-0.2, -0.15) is 0 Å². The molecule has 0 saturated carbocycles. The molecule has 0 spiro atoms. The zero-order valence-electron chi connectivity index (χ0n) is 7.39. The third-order valence-corrected chi connectivity index (χ3v) is 2.79. The Bertz CT molecular complexity index is 306. The molecule has 1 aromatic rings. The molecule has 2 rings (SSSR count).